The van der Waals surface area contributed by atoms with E-state index in [4.69, 9.17) is 9.73 Å². The smallest absolute Gasteiger partial charge is 0.311 e. The molecule has 0 N–H and O–H groups in total. The Morgan fingerprint density at radius 2 is 1.79 bits per heavy atom. The number of benzene rings is 2. The van der Waals surface area contributed by atoms with E-state index in [0.717, 1.165) is 18.7 Å². The van der Waals surface area contributed by atoms with Crippen LogP contribution in [-0.2, 0) is 9.53 Å². The summed E-state index contributed by atoms with van der Waals surface area (Å²) in [7, 11) is 1.49. The van der Waals surface area contributed by atoms with Gasteiger partial charge in [-0.2, -0.15) is 0 Å². The maximum absolute atomic E-state index is 13.0. The van der Waals surface area contributed by atoms with E-state index in [1.165, 1.54) is 25.6 Å². The number of anilines is 1. The molecule has 0 spiro atoms. The van der Waals surface area contributed by atoms with Crippen molar-refractivity contribution in [3.05, 3.63) is 66.2 Å². The summed E-state index contributed by atoms with van der Waals surface area (Å²) in [5.74, 6) is -0.481. The summed E-state index contributed by atoms with van der Waals surface area (Å²) in [6.07, 6.45) is 4.60. The fourth-order valence-electron chi connectivity index (χ4n) is 5.44. The van der Waals surface area contributed by atoms with Crippen molar-refractivity contribution in [2.24, 2.45) is 16.8 Å². The minimum atomic E-state index is -0.307. The Morgan fingerprint density at radius 1 is 1.07 bits per heavy atom. The molecular weight excluding hydrogens is 362 g/mol. The number of fused-ring (bicyclic) bond motifs is 1. The number of methoxy groups -OCH3 is 1. The number of aliphatic imine (C=N–C) groups is 1. The minimum absolute atomic E-state index is 0.00374. The molecule has 3 aliphatic heterocycles. The molecule has 3 aliphatic rings. The third-order valence-corrected chi connectivity index (χ3v) is 6.71. The molecule has 0 aromatic heterocycles. The molecule has 2 fully saturated rings. The number of nitrogens with zero attached hydrogens (tertiary/aromatic N) is 3. The van der Waals surface area contributed by atoms with E-state index in [1.54, 1.807) is 0 Å². The summed E-state index contributed by atoms with van der Waals surface area (Å²) >= 11 is 0. The highest BCUT2D eigenvalue weighted by Crippen LogP contribution is 2.44. The molecule has 5 rings (SSSR count). The predicted molar refractivity (Wildman–Crippen MR) is 114 cm³/mol. The first-order chi connectivity index (χ1) is 14.3. The summed E-state index contributed by atoms with van der Waals surface area (Å²) in [5.41, 5.74) is 2.29. The van der Waals surface area contributed by atoms with Crippen molar-refractivity contribution in [1.29, 1.82) is 0 Å². The Labute approximate surface area is 172 Å². The van der Waals surface area contributed by atoms with Crippen molar-refractivity contribution in [2.45, 2.75) is 31.1 Å². The average molecular weight is 389 g/mol. The monoisotopic (exact) mass is 389 g/mol. The molecule has 5 heteroatoms. The quantitative estimate of drug-likeness (QED) is 0.751. The van der Waals surface area contributed by atoms with Gasteiger partial charge in [-0.1, -0.05) is 48.5 Å². The lowest BCUT2D eigenvalue weighted by Gasteiger charge is -2.37. The van der Waals surface area contributed by atoms with Crippen molar-refractivity contribution >= 4 is 17.9 Å². The average Bonchev–Trinajstić information content (AvgIpc) is 3.48. The lowest BCUT2D eigenvalue weighted by Crippen LogP contribution is -2.49. The van der Waals surface area contributed by atoms with Gasteiger partial charge in [-0.15, -0.1) is 0 Å². The number of hydrogen-bond acceptors (Lipinski definition) is 5. The van der Waals surface area contributed by atoms with Crippen LogP contribution in [0.15, 0.2) is 65.7 Å². The van der Waals surface area contributed by atoms with Crippen molar-refractivity contribution in [2.75, 3.05) is 25.1 Å². The summed E-state index contributed by atoms with van der Waals surface area (Å²) in [4.78, 5) is 22.9. The van der Waals surface area contributed by atoms with Crippen LogP contribution in [0.1, 0.15) is 24.4 Å². The van der Waals surface area contributed by atoms with Crippen LogP contribution in [0.25, 0.3) is 0 Å². The van der Waals surface area contributed by atoms with Crippen molar-refractivity contribution in [1.82, 2.24) is 4.90 Å². The molecule has 2 aromatic rings. The fourth-order valence-corrected chi connectivity index (χ4v) is 5.44. The molecule has 29 heavy (non-hydrogen) atoms. The first kappa shape index (κ1) is 18.4. The van der Waals surface area contributed by atoms with Crippen LogP contribution < -0.4 is 4.90 Å². The van der Waals surface area contributed by atoms with E-state index < -0.39 is 0 Å². The van der Waals surface area contributed by atoms with Gasteiger partial charge in [0.2, 0.25) is 0 Å². The van der Waals surface area contributed by atoms with Gasteiger partial charge in [-0.05, 0) is 30.5 Å². The third kappa shape index (κ3) is 3.14. The number of para-hydroxylation sites is 1. The van der Waals surface area contributed by atoms with E-state index in [1.807, 2.05) is 24.4 Å². The Balaban J connectivity index is 1.53. The first-order valence-corrected chi connectivity index (χ1v) is 10.5. The maximum atomic E-state index is 13.0. The molecule has 0 amide bonds. The largest absolute Gasteiger partial charge is 0.469 e. The second-order valence-electron chi connectivity index (χ2n) is 8.22. The minimum Gasteiger partial charge on any atom is -0.469 e. The van der Waals surface area contributed by atoms with Crippen LogP contribution in [-0.4, -0.2) is 49.5 Å². The molecule has 2 aromatic carbocycles. The van der Waals surface area contributed by atoms with Crippen LogP contribution in [0.4, 0.5) is 5.69 Å². The van der Waals surface area contributed by atoms with Gasteiger partial charge < -0.3 is 9.64 Å². The lowest BCUT2D eigenvalue weighted by atomic mass is 9.84. The van der Waals surface area contributed by atoms with E-state index >= 15 is 0 Å². The van der Waals surface area contributed by atoms with E-state index in [-0.39, 0.29) is 30.0 Å². The molecule has 2 saturated heterocycles. The summed E-state index contributed by atoms with van der Waals surface area (Å²) in [5, 5.41) is 0. The number of hydrogen-bond donors (Lipinski definition) is 0. The summed E-state index contributed by atoms with van der Waals surface area (Å²) in [6.45, 7) is 2.08. The molecule has 0 aliphatic carbocycles. The van der Waals surface area contributed by atoms with Gasteiger partial charge in [-0.25, -0.2) is 0 Å². The zero-order chi connectivity index (χ0) is 19.8. The highest BCUT2D eigenvalue weighted by Gasteiger charge is 2.52. The number of ether oxygens (including phenoxy) is 1. The zero-order valence-electron chi connectivity index (χ0n) is 16.7. The standard InChI is InChI=1S/C24H27N3O2/c1-29-24(28)21-20(15-25-22(21)17-9-4-2-5-10-17)23-26-14-8-13-19(26)16-27(23)18-11-6-3-7-12-18/h2-7,9-12,15,19-23H,8,13-14,16H2,1H3/t19-,20+,21+,22+,23-/m0/s1. The normalized spacial score (nSPS) is 31.2. The molecule has 0 bridgehead atoms. The van der Waals surface area contributed by atoms with E-state index in [0.29, 0.717) is 6.04 Å². The molecule has 150 valence electrons. The van der Waals surface area contributed by atoms with Gasteiger partial charge >= 0.3 is 5.97 Å². The Hall–Kier alpha value is -2.66. The van der Waals surface area contributed by atoms with E-state index in [9.17, 15) is 4.79 Å². The SMILES string of the molecule is COC(=O)[C@@H]1[C@H]([C@@H]2N(c3ccccc3)C[C@@H]3CCCN32)C=N[C@@H]1c1ccccc1. The maximum Gasteiger partial charge on any atom is 0.311 e. The Morgan fingerprint density at radius 3 is 2.52 bits per heavy atom. The number of esters is 1. The summed E-state index contributed by atoms with van der Waals surface area (Å²) < 4.78 is 5.27. The van der Waals surface area contributed by atoms with Crippen molar-refractivity contribution in [3.63, 3.8) is 0 Å². The molecule has 5 atom stereocenters. The van der Waals surface area contributed by atoms with Crippen LogP contribution >= 0.6 is 0 Å². The van der Waals surface area contributed by atoms with Gasteiger partial charge in [0, 0.05) is 37.0 Å². The molecule has 3 heterocycles. The predicted octanol–water partition coefficient (Wildman–Crippen LogP) is 3.53. The molecule has 0 saturated carbocycles. The highest BCUT2D eigenvalue weighted by atomic mass is 16.5. The van der Waals surface area contributed by atoms with Crippen LogP contribution in [0, 0.1) is 11.8 Å². The third-order valence-electron chi connectivity index (χ3n) is 6.71. The fraction of sp³-hybridized carbons (Fsp3) is 0.417. The Bertz CT molecular complexity index is 886. The highest BCUT2D eigenvalue weighted by molar-refractivity contribution is 5.83. The number of carbonyl (C=O) groups excluding carboxylic acids is 1. The van der Waals surface area contributed by atoms with Crippen molar-refractivity contribution < 1.29 is 9.53 Å². The van der Waals surface area contributed by atoms with Gasteiger partial charge in [-0.3, -0.25) is 14.7 Å². The van der Waals surface area contributed by atoms with Gasteiger partial charge in [0.1, 0.15) is 0 Å². The summed E-state index contributed by atoms with van der Waals surface area (Å²) in [6, 6.07) is 21.0. The second-order valence-corrected chi connectivity index (χ2v) is 8.22. The van der Waals surface area contributed by atoms with Crippen LogP contribution in [0.5, 0.6) is 0 Å². The van der Waals surface area contributed by atoms with E-state index in [2.05, 4.69) is 52.3 Å². The molecule has 5 nitrogen and oxygen atoms in total. The molecule has 0 unspecified atom stereocenters. The number of rotatable bonds is 4. The molecular formula is C24H27N3O2. The first-order valence-electron chi connectivity index (χ1n) is 10.5. The second kappa shape index (κ2) is 7.64. The van der Waals surface area contributed by atoms with Gasteiger partial charge in [0.05, 0.1) is 25.2 Å². The number of carbonyl (C=O) groups is 1. The zero-order valence-corrected chi connectivity index (χ0v) is 16.7. The Kier molecular flexibility index (Phi) is 4.84. The lowest BCUT2D eigenvalue weighted by molar-refractivity contribution is -0.147. The van der Waals surface area contributed by atoms with Crippen LogP contribution in [0.3, 0.4) is 0 Å². The van der Waals surface area contributed by atoms with Crippen LogP contribution in [0.2, 0.25) is 0 Å². The topological polar surface area (TPSA) is 45.1 Å². The van der Waals surface area contributed by atoms with Gasteiger partial charge in [0.25, 0.3) is 0 Å². The molecule has 0 radical (unpaired) electrons. The van der Waals surface area contributed by atoms with Crippen molar-refractivity contribution in [3.8, 4) is 0 Å². The van der Waals surface area contributed by atoms with Gasteiger partial charge in [0.15, 0.2) is 0 Å².